The molecule has 0 unspecified atom stereocenters. The topological polar surface area (TPSA) is 91.3 Å². The second-order valence-electron chi connectivity index (χ2n) is 5.76. The monoisotopic (exact) mass is 278 g/mol. The number of H-pyrrole nitrogens is 1. The lowest BCUT2D eigenvalue weighted by Crippen LogP contribution is -2.39. The third kappa shape index (κ3) is 2.29. The largest absolute Gasteiger partial charge is 0.351 e. The number of nitro groups is 1. The van der Waals surface area contributed by atoms with Gasteiger partial charge >= 0.3 is 0 Å². The fraction of sp³-hybridized carbons (Fsp3) is 0.615. The van der Waals surface area contributed by atoms with Crippen LogP contribution in [-0.2, 0) is 0 Å². The molecule has 1 amide bonds. The lowest BCUT2D eigenvalue weighted by atomic mass is 9.78. The summed E-state index contributed by atoms with van der Waals surface area (Å²) in [5.74, 6) is -0.131. The standard InChI is InChI=1S/C13H18N4O3/c18-12(11-7-10(8-15-11)17(19)20)16-6-3-13(9-16)1-4-14-5-2-13/h7-8,14-15H,1-6,9H2. The summed E-state index contributed by atoms with van der Waals surface area (Å²) < 4.78 is 0. The minimum atomic E-state index is -0.494. The van der Waals surface area contributed by atoms with Gasteiger partial charge in [0.05, 0.1) is 11.1 Å². The lowest BCUT2D eigenvalue weighted by Gasteiger charge is -2.33. The highest BCUT2D eigenvalue weighted by atomic mass is 16.6. The van der Waals surface area contributed by atoms with E-state index in [0.717, 1.165) is 45.4 Å². The predicted octanol–water partition coefficient (Wildman–Crippen LogP) is 1.14. The van der Waals surface area contributed by atoms with Gasteiger partial charge in [-0.15, -0.1) is 0 Å². The molecule has 2 N–H and O–H groups in total. The first-order valence-electron chi connectivity index (χ1n) is 6.92. The molecule has 0 radical (unpaired) electrons. The summed E-state index contributed by atoms with van der Waals surface area (Å²) in [6.07, 6.45) is 4.50. The molecule has 1 aromatic heterocycles. The summed E-state index contributed by atoms with van der Waals surface area (Å²) >= 11 is 0. The summed E-state index contributed by atoms with van der Waals surface area (Å²) in [5, 5.41) is 14.0. The molecule has 1 aromatic rings. The zero-order valence-corrected chi connectivity index (χ0v) is 11.2. The van der Waals surface area contributed by atoms with Gasteiger partial charge in [-0.3, -0.25) is 14.9 Å². The number of rotatable bonds is 2. The predicted molar refractivity (Wildman–Crippen MR) is 72.5 cm³/mol. The Morgan fingerprint density at radius 3 is 2.75 bits per heavy atom. The number of nitrogens with zero attached hydrogens (tertiary/aromatic N) is 2. The maximum Gasteiger partial charge on any atom is 0.287 e. The first-order chi connectivity index (χ1) is 9.60. The molecule has 0 saturated carbocycles. The fourth-order valence-electron chi connectivity index (χ4n) is 3.26. The smallest absolute Gasteiger partial charge is 0.287 e. The molecule has 20 heavy (non-hydrogen) atoms. The van der Waals surface area contributed by atoms with E-state index in [0.29, 0.717) is 5.69 Å². The molecule has 7 heteroatoms. The normalized spacial score (nSPS) is 21.3. The summed E-state index contributed by atoms with van der Waals surface area (Å²) in [7, 11) is 0. The van der Waals surface area contributed by atoms with Gasteiger partial charge < -0.3 is 15.2 Å². The Bertz CT molecular complexity index is 533. The van der Waals surface area contributed by atoms with E-state index in [2.05, 4.69) is 10.3 Å². The first-order valence-corrected chi connectivity index (χ1v) is 6.92. The molecule has 108 valence electrons. The fourth-order valence-corrected chi connectivity index (χ4v) is 3.26. The van der Waals surface area contributed by atoms with Gasteiger partial charge in [-0.05, 0) is 37.8 Å². The lowest BCUT2D eigenvalue weighted by molar-refractivity contribution is -0.384. The number of likely N-dealkylation sites (tertiary alicyclic amines) is 1. The number of aromatic nitrogens is 1. The summed E-state index contributed by atoms with van der Waals surface area (Å²) in [6.45, 7) is 3.53. The molecule has 0 aliphatic carbocycles. The van der Waals surface area contributed by atoms with Crippen molar-refractivity contribution >= 4 is 11.6 Å². The van der Waals surface area contributed by atoms with Gasteiger partial charge in [0.2, 0.25) is 0 Å². The molecule has 2 fully saturated rings. The Morgan fingerprint density at radius 2 is 2.10 bits per heavy atom. The van der Waals surface area contributed by atoms with Gasteiger partial charge in [-0.1, -0.05) is 0 Å². The van der Waals surface area contributed by atoms with Crippen molar-refractivity contribution in [2.45, 2.75) is 19.3 Å². The van der Waals surface area contributed by atoms with Gasteiger partial charge in [0, 0.05) is 19.2 Å². The van der Waals surface area contributed by atoms with Crippen molar-refractivity contribution in [2.75, 3.05) is 26.2 Å². The van der Waals surface area contributed by atoms with Crippen molar-refractivity contribution in [3.63, 3.8) is 0 Å². The second-order valence-corrected chi connectivity index (χ2v) is 5.76. The zero-order chi connectivity index (χ0) is 14.2. The molecule has 3 heterocycles. The SMILES string of the molecule is O=C(c1cc([N+](=O)[O-])c[nH]1)N1CCC2(CCNCC2)C1. The van der Waals surface area contributed by atoms with Crippen LogP contribution in [0.25, 0.3) is 0 Å². The molecular formula is C13H18N4O3. The number of nitrogens with one attached hydrogen (secondary N) is 2. The minimum absolute atomic E-state index is 0.0656. The van der Waals surface area contributed by atoms with Crippen molar-refractivity contribution in [3.05, 3.63) is 28.1 Å². The summed E-state index contributed by atoms with van der Waals surface area (Å²) in [5.41, 5.74) is 0.492. The van der Waals surface area contributed by atoms with Gasteiger partial charge in [-0.25, -0.2) is 0 Å². The minimum Gasteiger partial charge on any atom is -0.351 e. The van der Waals surface area contributed by atoms with Crippen molar-refractivity contribution < 1.29 is 9.72 Å². The molecule has 0 bridgehead atoms. The molecule has 3 rings (SSSR count). The molecule has 1 spiro atoms. The van der Waals surface area contributed by atoms with E-state index in [1.807, 2.05) is 4.90 Å². The Morgan fingerprint density at radius 1 is 1.35 bits per heavy atom. The maximum absolute atomic E-state index is 12.4. The van der Waals surface area contributed by atoms with Crippen LogP contribution in [-0.4, -0.2) is 46.9 Å². The van der Waals surface area contributed by atoms with Crippen molar-refractivity contribution in [2.24, 2.45) is 5.41 Å². The van der Waals surface area contributed by atoms with Crippen LogP contribution in [0.2, 0.25) is 0 Å². The van der Waals surface area contributed by atoms with E-state index in [-0.39, 0.29) is 17.0 Å². The van der Waals surface area contributed by atoms with Crippen LogP contribution in [0.5, 0.6) is 0 Å². The Balaban J connectivity index is 1.70. The van der Waals surface area contributed by atoms with Crippen LogP contribution in [0.1, 0.15) is 29.8 Å². The molecule has 0 aromatic carbocycles. The molecule has 2 aliphatic rings. The maximum atomic E-state index is 12.4. The first kappa shape index (κ1) is 13.1. The average molecular weight is 278 g/mol. The van der Waals surface area contributed by atoms with Crippen LogP contribution in [0, 0.1) is 15.5 Å². The third-order valence-electron chi connectivity index (χ3n) is 4.50. The van der Waals surface area contributed by atoms with Gasteiger partial charge in [0.25, 0.3) is 11.6 Å². The van der Waals surface area contributed by atoms with E-state index < -0.39 is 4.92 Å². The number of aromatic amines is 1. The molecule has 2 aliphatic heterocycles. The Hall–Kier alpha value is -1.89. The van der Waals surface area contributed by atoms with Crippen molar-refractivity contribution in [1.29, 1.82) is 0 Å². The van der Waals surface area contributed by atoms with E-state index in [4.69, 9.17) is 0 Å². The van der Waals surface area contributed by atoms with Crippen LogP contribution < -0.4 is 5.32 Å². The Kier molecular flexibility index (Phi) is 3.21. The van der Waals surface area contributed by atoms with Gasteiger partial charge in [-0.2, -0.15) is 0 Å². The summed E-state index contributed by atoms with van der Waals surface area (Å²) in [4.78, 5) is 27.1. The van der Waals surface area contributed by atoms with E-state index in [9.17, 15) is 14.9 Å². The molecule has 2 saturated heterocycles. The number of amides is 1. The molecule has 7 nitrogen and oxygen atoms in total. The number of piperidine rings is 1. The third-order valence-corrected chi connectivity index (χ3v) is 4.50. The highest BCUT2D eigenvalue weighted by Crippen LogP contribution is 2.39. The number of carbonyl (C=O) groups excluding carboxylic acids is 1. The average Bonchev–Trinajstić information content (AvgIpc) is 3.07. The molecule has 0 atom stereocenters. The number of carbonyl (C=O) groups is 1. The Labute approximate surface area is 116 Å². The van der Waals surface area contributed by atoms with Crippen LogP contribution in [0.4, 0.5) is 5.69 Å². The highest BCUT2D eigenvalue weighted by Gasteiger charge is 2.40. The number of hydrogen-bond acceptors (Lipinski definition) is 4. The van der Waals surface area contributed by atoms with Crippen LogP contribution >= 0.6 is 0 Å². The highest BCUT2D eigenvalue weighted by molar-refractivity contribution is 5.93. The van der Waals surface area contributed by atoms with Gasteiger partial charge in [0.1, 0.15) is 5.69 Å². The van der Waals surface area contributed by atoms with Crippen molar-refractivity contribution in [3.8, 4) is 0 Å². The summed E-state index contributed by atoms with van der Waals surface area (Å²) in [6, 6.07) is 1.32. The second kappa shape index (κ2) is 4.90. The molecular weight excluding hydrogens is 260 g/mol. The van der Waals surface area contributed by atoms with Gasteiger partial charge in [0.15, 0.2) is 0 Å². The van der Waals surface area contributed by atoms with Crippen LogP contribution in [0.15, 0.2) is 12.3 Å². The zero-order valence-electron chi connectivity index (χ0n) is 11.2. The van der Waals surface area contributed by atoms with E-state index >= 15 is 0 Å². The number of hydrogen-bond donors (Lipinski definition) is 2. The van der Waals surface area contributed by atoms with Crippen LogP contribution in [0.3, 0.4) is 0 Å². The quantitative estimate of drug-likeness (QED) is 0.627. The van der Waals surface area contributed by atoms with E-state index in [1.54, 1.807) is 0 Å². The van der Waals surface area contributed by atoms with Crippen molar-refractivity contribution in [1.82, 2.24) is 15.2 Å². The van der Waals surface area contributed by atoms with E-state index in [1.165, 1.54) is 12.3 Å².